The number of aryl methyl sites for hydroxylation is 1. The van der Waals surface area contributed by atoms with E-state index in [1.807, 2.05) is 6.07 Å². The molecular weight excluding hydrogens is 356 g/mol. The van der Waals surface area contributed by atoms with Gasteiger partial charge in [0.25, 0.3) is 11.5 Å². The molecular formula is C20H22N6O2. The second kappa shape index (κ2) is 7.75. The van der Waals surface area contributed by atoms with Gasteiger partial charge in [0.1, 0.15) is 12.1 Å². The molecule has 8 heteroatoms. The van der Waals surface area contributed by atoms with Gasteiger partial charge >= 0.3 is 0 Å². The van der Waals surface area contributed by atoms with Gasteiger partial charge in [-0.25, -0.2) is 15.1 Å². The number of hydrogen-bond acceptors (Lipinski definition) is 6. The summed E-state index contributed by atoms with van der Waals surface area (Å²) < 4.78 is 0. The molecule has 144 valence electrons. The van der Waals surface area contributed by atoms with Crippen LogP contribution in [0.15, 0.2) is 41.5 Å². The number of amides is 1. The van der Waals surface area contributed by atoms with E-state index in [1.165, 1.54) is 0 Å². The van der Waals surface area contributed by atoms with Crippen LogP contribution in [-0.4, -0.2) is 45.2 Å². The summed E-state index contributed by atoms with van der Waals surface area (Å²) in [6.45, 7) is 3.69. The predicted octanol–water partition coefficient (Wildman–Crippen LogP) is 1.67. The van der Waals surface area contributed by atoms with Gasteiger partial charge in [-0.05, 0) is 25.3 Å². The maximum absolute atomic E-state index is 12.7. The van der Waals surface area contributed by atoms with Gasteiger partial charge in [-0.1, -0.05) is 25.1 Å². The van der Waals surface area contributed by atoms with Crippen molar-refractivity contribution in [3.05, 3.63) is 58.4 Å². The number of fused-ring (bicyclic) bond motifs is 1. The molecule has 1 amide bonds. The van der Waals surface area contributed by atoms with Crippen molar-refractivity contribution in [3.63, 3.8) is 0 Å². The van der Waals surface area contributed by atoms with Crippen molar-refractivity contribution in [3.8, 4) is 0 Å². The minimum Gasteiger partial charge on any atom is -0.356 e. The second-order valence-corrected chi connectivity index (χ2v) is 6.90. The van der Waals surface area contributed by atoms with Crippen LogP contribution in [0.5, 0.6) is 0 Å². The fourth-order valence-electron chi connectivity index (χ4n) is 3.55. The van der Waals surface area contributed by atoms with E-state index >= 15 is 0 Å². The van der Waals surface area contributed by atoms with Crippen molar-refractivity contribution in [2.45, 2.75) is 32.2 Å². The van der Waals surface area contributed by atoms with E-state index in [1.54, 1.807) is 30.6 Å². The van der Waals surface area contributed by atoms with Crippen molar-refractivity contribution in [2.24, 2.45) is 0 Å². The molecule has 8 nitrogen and oxygen atoms in total. The highest BCUT2D eigenvalue weighted by Gasteiger charge is 2.23. The highest BCUT2D eigenvalue weighted by molar-refractivity contribution is 6.04. The van der Waals surface area contributed by atoms with E-state index < -0.39 is 0 Å². The largest absolute Gasteiger partial charge is 0.356 e. The van der Waals surface area contributed by atoms with Crippen LogP contribution in [0.4, 0.5) is 5.82 Å². The summed E-state index contributed by atoms with van der Waals surface area (Å²) >= 11 is 0. The van der Waals surface area contributed by atoms with E-state index in [-0.39, 0.29) is 23.2 Å². The van der Waals surface area contributed by atoms with E-state index in [0.717, 1.165) is 43.9 Å². The Morgan fingerprint density at radius 1 is 1.21 bits per heavy atom. The van der Waals surface area contributed by atoms with Crippen LogP contribution in [-0.2, 0) is 6.42 Å². The van der Waals surface area contributed by atoms with E-state index in [0.29, 0.717) is 10.8 Å². The molecule has 1 saturated heterocycles. The van der Waals surface area contributed by atoms with Gasteiger partial charge in [0.2, 0.25) is 0 Å². The Morgan fingerprint density at radius 3 is 2.71 bits per heavy atom. The average molecular weight is 378 g/mol. The van der Waals surface area contributed by atoms with Crippen molar-refractivity contribution < 1.29 is 4.79 Å². The molecule has 0 saturated carbocycles. The third-order valence-corrected chi connectivity index (χ3v) is 5.14. The fraction of sp³-hybridized carbons (Fsp3) is 0.350. The van der Waals surface area contributed by atoms with Gasteiger partial charge in [-0.3, -0.25) is 9.59 Å². The zero-order chi connectivity index (χ0) is 19.5. The Bertz CT molecular complexity index is 1060. The molecule has 1 aliphatic rings. The zero-order valence-electron chi connectivity index (χ0n) is 15.7. The summed E-state index contributed by atoms with van der Waals surface area (Å²) in [5, 5.41) is 10.5. The van der Waals surface area contributed by atoms with Gasteiger partial charge in [0.15, 0.2) is 5.69 Å². The number of carbonyl (C=O) groups is 1. The Hall–Kier alpha value is -3.29. The molecule has 2 aromatic heterocycles. The van der Waals surface area contributed by atoms with Gasteiger partial charge < -0.3 is 10.2 Å². The van der Waals surface area contributed by atoms with Crippen molar-refractivity contribution in [1.29, 1.82) is 0 Å². The molecule has 0 aliphatic carbocycles. The van der Waals surface area contributed by atoms with Gasteiger partial charge in [0, 0.05) is 36.3 Å². The molecule has 0 radical (unpaired) electrons. The molecule has 0 atom stereocenters. The van der Waals surface area contributed by atoms with Crippen molar-refractivity contribution in [2.75, 3.05) is 18.0 Å². The molecule has 3 aromatic rings. The minimum atomic E-state index is -0.295. The number of aromatic amines is 1. The second-order valence-electron chi connectivity index (χ2n) is 6.90. The van der Waals surface area contributed by atoms with Crippen LogP contribution >= 0.6 is 0 Å². The van der Waals surface area contributed by atoms with Crippen LogP contribution in [0, 0.1) is 0 Å². The number of hydrogen-bond donors (Lipinski definition) is 2. The lowest BCUT2D eigenvalue weighted by molar-refractivity contribution is 0.0927. The first-order chi connectivity index (χ1) is 13.7. The normalized spacial score (nSPS) is 15.0. The standard InChI is InChI=1S/C20H22N6O2/c1-2-13-11-17(22-12-21-13)26-9-7-14(8-10-26)23-20(28)18-15-5-3-4-6-16(15)19(27)25-24-18/h3-6,11-12,14H,2,7-10H2,1H3,(H,23,28)(H,25,27). The molecule has 4 rings (SSSR count). The van der Waals surface area contributed by atoms with Crippen molar-refractivity contribution in [1.82, 2.24) is 25.5 Å². The predicted molar refractivity (Wildman–Crippen MR) is 106 cm³/mol. The lowest BCUT2D eigenvalue weighted by atomic mass is 10.0. The third-order valence-electron chi connectivity index (χ3n) is 5.14. The molecule has 0 unspecified atom stereocenters. The first-order valence-electron chi connectivity index (χ1n) is 9.50. The molecule has 1 aliphatic heterocycles. The zero-order valence-corrected chi connectivity index (χ0v) is 15.7. The average Bonchev–Trinajstić information content (AvgIpc) is 2.74. The Balaban J connectivity index is 1.43. The quantitative estimate of drug-likeness (QED) is 0.716. The highest BCUT2D eigenvalue weighted by Crippen LogP contribution is 2.19. The summed E-state index contributed by atoms with van der Waals surface area (Å²) in [5.74, 6) is 0.672. The maximum atomic E-state index is 12.7. The first-order valence-corrected chi connectivity index (χ1v) is 9.50. The summed E-state index contributed by atoms with van der Waals surface area (Å²) in [4.78, 5) is 35.5. The molecule has 28 heavy (non-hydrogen) atoms. The SMILES string of the molecule is CCc1cc(N2CCC(NC(=O)c3n[nH]c(=O)c4ccccc34)CC2)ncn1. The topological polar surface area (TPSA) is 104 Å². The van der Waals surface area contributed by atoms with E-state index in [9.17, 15) is 9.59 Å². The van der Waals surface area contributed by atoms with E-state index in [2.05, 4.69) is 37.3 Å². The van der Waals surface area contributed by atoms with Crippen LogP contribution in [0.25, 0.3) is 10.8 Å². The molecule has 3 heterocycles. The van der Waals surface area contributed by atoms with Crippen LogP contribution in [0.3, 0.4) is 0 Å². The molecule has 1 aromatic carbocycles. The van der Waals surface area contributed by atoms with Crippen LogP contribution in [0.1, 0.15) is 35.9 Å². The lowest BCUT2D eigenvalue weighted by Crippen LogP contribution is -2.45. The molecule has 0 spiro atoms. The smallest absolute Gasteiger partial charge is 0.272 e. The number of aromatic nitrogens is 4. The number of anilines is 1. The summed E-state index contributed by atoms with van der Waals surface area (Å²) in [6, 6.07) is 9.09. The summed E-state index contributed by atoms with van der Waals surface area (Å²) in [5.41, 5.74) is 0.981. The number of nitrogens with one attached hydrogen (secondary N) is 2. The minimum absolute atomic E-state index is 0.0590. The number of benzene rings is 1. The number of rotatable bonds is 4. The van der Waals surface area contributed by atoms with Crippen LogP contribution in [0.2, 0.25) is 0 Å². The molecule has 2 N–H and O–H groups in total. The van der Waals surface area contributed by atoms with Crippen LogP contribution < -0.4 is 15.8 Å². The molecule has 1 fully saturated rings. The van der Waals surface area contributed by atoms with Gasteiger partial charge in [-0.15, -0.1) is 0 Å². The number of piperidine rings is 1. The first kappa shape index (κ1) is 18.1. The fourth-order valence-corrected chi connectivity index (χ4v) is 3.55. The molecule has 0 bridgehead atoms. The summed E-state index contributed by atoms with van der Waals surface area (Å²) in [6.07, 6.45) is 4.12. The number of nitrogens with zero attached hydrogens (tertiary/aromatic N) is 4. The van der Waals surface area contributed by atoms with Gasteiger partial charge in [0.05, 0.1) is 5.39 Å². The Morgan fingerprint density at radius 2 is 1.96 bits per heavy atom. The van der Waals surface area contributed by atoms with Crippen molar-refractivity contribution >= 4 is 22.5 Å². The van der Waals surface area contributed by atoms with E-state index in [4.69, 9.17) is 0 Å². The lowest BCUT2D eigenvalue weighted by Gasteiger charge is -2.33. The highest BCUT2D eigenvalue weighted by atomic mass is 16.2. The Labute approximate surface area is 162 Å². The van der Waals surface area contributed by atoms with Gasteiger partial charge in [-0.2, -0.15) is 5.10 Å². The third kappa shape index (κ3) is 3.58. The maximum Gasteiger partial charge on any atom is 0.272 e. The Kier molecular flexibility index (Phi) is 5.01. The summed E-state index contributed by atoms with van der Waals surface area (Å²) in [7, 11) is 0. The monoisotopic (exact) mass is 378 g/mol. The number of H-pyrrole nitrogens is 1. The number of carbonyl (C=O) groups excluding carboxylic acids is 1.